The number of benzene rings is 1. The van der Waals surface area contributed by atoms with Crippen molar-refractivity contribution in [3.8, 4) is 11.6 Å². The second-order valence-electron chi connectivity index (χ2n) is 4.26. The van der Waals surface area contributed by atoms with Crippen LogP contribution in [0.5, 0.6) is 11.6 Å². The van der Waals surface area contributed by atoms with Gasteiger partial charge in [-0.2, -0.15) is 0 Å². The van der Waals surface area contributed by atoms with E-state index in [1.165, 1.54) is 24.5 Å². The topological polar surface area (TPSA) is 104 Å². The molecule has 0 saturated carbocycles. The van der Waals surface area contributed by atoms with E-state index in [1.54, 1.807) is 0 Å². The van der Waals surface area contributed by atoms with Gasteiger partial charge in [-0.05, 0) is 12.5 Å². The van der Waals surface area contributed by atoms with E-state index >= 15 is 0 Å². The SMILES string of the molecule is CCCc1c(N)ncnc1Oc1cc(Cl)ccc1[N+](=O)[O-]. The maximum atomic E-state index is 11.0. The number of halogens is 1. The van der Waals surface area contributed by atoms with Gasteiger partial charge in [0, 0.05) is 17.2 Å². The van der Waals surface area contributed by atoms with E-state index in [2.05, 4.69) is 9.97 Å². The first kappa shape index (κ1) is 15.0. The van der Waals surface area contributed by atoms with Gasteiger partial charge in [0.15, 0.2) is 0 Å². The Bertz CT molecular complexity index is 678. The average Bonchev–Trinajstić information content (AvgIpc) is 2.42. The van der Waals surface area contributed by atoms with Gasteiger partial charge in [0.2, 0.25) is 11.6 Å². The zero-order chi connectivity index (χ0) is 15.4. The summed E-state index contributed by atoms with van der Waals surface area (Å²) >= 11 is 5.86. The highest BCUT2D eigenvalue weighted by Crippen LogP contribution is 2.35. The third-order valence-corrected chi connectivity index (χ3v) is 3.00. The van der Waals surface area contributed by atoms with Crippen molar-refractivity contribution in [1.29, 1.82) is 0 Å². The number of nitrogens with zero attached hydrogens (tertiary/aromatic N) is 3. The molecule has 7 nitrogen and oxygen atoms in total. The molecule has 0 atom stereocenters. The van der Waals surface area contributed by atoms with Crippen LogP contribution in [0, 0.1) is 10.1 Å². The lowest BCUT2D eigenvalue weighted by atomic mass is 10.2. The fourth-order valence-corrected chi connectivity index (χ4v) is 1.97. The number of nitro benzene ring substituents is 1. The Balaban J connectivity index is 2.45. The predicted octanol–water partition coefficient (Wildman–Crippen LogP) is 3.37. The van der Waals surface area contributed by atoms with Gasteiger partial charge < -0.3 is 10.5 Å². The fourth-order valence-electron chi connectivity index (χ4n) is 1.81. The molecule has 0 amide bonds. The van der Waals surface area contributed by atoms with Gasteiger partial charge in [-0.15, -0.1) is 0 Å². The first-order chi connectivity index (χ1) is 10.0. The van der Waals surface area contributed by atoms with E-state index in [9.17, 15) is 10.1 Å². The summed E-state index contributed by atoms with van der Waals surface area (Å²) in [7, 11) is 0. The number of aromatic nitrogens is 2. The number of anilines is 1. The Labute approximate surface area is 125 Å². The summed E-state index contributed by atoms with van der Waals surface area (Å²) in [5.74, 6) is 0.518. The second kappa shape index (κ2) is 6.36. The van der Waals surface area contributed by atoms with E-state index in [0.717, 1.165) is 6.42 Å². The Morgan fingerprint density at radius 2 is 2.19 bits per heavy atom. The van der Waals surface area contributed by atoms with Crippen molar-refractivity contribution in [2.45, 2.75) is 19.8 Å². The van der Waals surface area contributed by atoms with Gasteiger partial charge in [-0.1, -0.05) is 24.9 Å². The number of nitrogen functional groups attached to an aromatic ring is 1. The van der Waals surface area contributed by atoms with Gasteiger partial charge in [-0.25, -0.2) is 9.97 Å². The van der Waals surface area contributed by atoms with E-state index in [4.69, 9.17) is 22.1 Å². The van der Waals surface area contributed by atoms with Crippen molar-refractivity contribution in [1.82, 2.24) is 9.97 Å². The van der Waals surface area contributed by atoms with Crippen molar-refractivity contribution in [3.05, 3.63) is 45.2 Å². The number of ether oxygens (including phenoxy) is 1. The Kier molecular flexibility index (Phi) is 4.54. The molecule has 2 rings (SSSR count). The molecule has 8 heteroatoms. The van der Waals surface area contributed by atoms with Crippen LogP contribution in [-0.4, -0.2) is 14.9 Å². The van der Waals surface area contributed by atoms with Crippen LogP contribution in [0.3, 0.4) is 0 Å². The van der Waals surface area contributed by atoms with Crippen LogP contribution in [0.2, 0.25) is 5.02 Å². The molecule has 0 spiro atoms. The summed E-state index contributed by atoms with van der Waals surface area (Å²) in [6, 6.07) is 4.07. The van der Waals surface area contributed by atoms with Crippen molar-refractivity contribution < 1.29 is 9.66 Å². The van der Waals surface area contributed by atoms with E-state index in [1.807, 2.05) is 6.92 Å². The predicted molar refractivity (Wildman–Crippen MR) is 78.6 cm³/mol. The summed E-state index contributed by atoms with van der Waals surface area (Å²) < 4.78 is 5.56. The molecule has 0 saturated heterocycles. The molecule has 0 bridgehead atoms. The number of nitrogens with two attached hydrogens (primary N) is 1. The summed E-state index contributed by atoms with van der Waals surface area (Å²) in [4.78, 5) is 18.4. The Morgan fingerprint density at radius 1 is 1.43 bits per heavy atom. The van der Waals surface area contributed by atoms with Crippen molar-refractivity contribution in [2.24, 2.45) is 0 Å². The third kappa shape index (κ3) is 3.38. The molecule has 0 aliphatic rings. The minimum atomic E-state index is -0.546. The maximum Gasteiger partial charge on any atom is 0.311 e. The van der Waals surface area contributed by atoms with E-state index < -0.39 is 4.92 Å². The van der Waals surface area contributed by atoms with Gasteiger partial charge in [0.25, 0.3) is 0 Å². The molecular weight excluding hydrogens is 296 g/mol. The molecule has 1 aromatic heterocycles. The second-order valence-corrected chi connectivity index (χ2v) is 4.70. The van der Waals surface area contributed by atoms with E-state index in [-0.39, 0.29) is 17.3 Å². The molecule has 1 heterocycles. The Morgan fingerprint density at radius 3 is 2.86 bits per heavy atom. The van der Waals surface area contributed by atoms with Crippen LogP contribution in [0.1, 0.15) is 18.9 Å². The van der Waals surface area contributed by atoms with Crippen molar-refractivity contribution in [3.63, 3.8) is 0 Å². The highest BCUT2D eigenvalue weighted by Gasteiger charge is 2.19. The van der Waals surface area contributed by atoms with E-state index in [0.29, 0.717) is 22.8 Å². The lowest BCUT2D eigenvalue weighted by Gasteiger charge is -2.11. The summed E-state index contributed by atoms with van der Waals surface area (Å²) in [5.41, 5.74) is 6.22. The molecule has 21 heavy (non-hydrogen) atoms. The molecule has 2 aromatic rings. The maximum absolute atomic E-state index is 11.0. The molecule has 0 aliphatic carbocycles. The van der Waals surface area contributed by atoms with Crippen LogP contribution in [0.25, 0.3) is 0 Å². The van der Waals surface area contributed by atoms with Crippen LogP contribution < -0.4 is 10.5 Å². The van der Waals surface area contributed by atoms with Crippen molar-refractivity contribution in [2.75, 3.05) is 5.73 Å². The average molecular weight is 309 g/mol. The molecular formula is C13H13ClN4O3. The zero-order valence-corrected chi connectivity index (χ0v) is 12.0. The van der Waals surface area contributed by atoms with Crippen LogP contribution in [0.4, 0.5) is 11.5 Å². The largest absolute Gasteiger partial charge is 0.431 e. The smallest absolute Gasteiger partial charge is 0.311 e. The number of hydrogen-bond donors (Lipinski definition) is 1. The zero-order valence-electron chi connectivity index (χ0n) is 11.2. The molecule has 0 aliphatic heterocycles. The third-order valence-electron chi connectivity index (χ3n) is 2.76. The van der Waals surface area contributed by atoms with Crippen LogP contribution in [-0.2, 0) is 6.42 Å². The minimum Gasteiger partial charge on any atom is -0.431 e. The summed E-state index contributed by atoms with van der Waals surface area (Å²) in [6.45, 7) is 1.97. The quantitative estimate of drug-likeness (QED) is 0.670. The van der Waals surface area contributed by atoms with Gasteiger partial charge in [0.05, 0.1) is 10.5 Å². The first-order valence-corrected chi connectivity index (χ1v) is 6.61. The lowest BCUT2D eigenvalue weighted by molar-refractivity contribution is -0.385. The van der Waals surface area contributed by atoms with Crippen LogP contribution >= 0.6 is 11.6 Å². The normalized spacial score (nSPS) is 10.4. The monoisotopic (exact) mass is 308 g/mol. The standard InChI is InChI=1S/C13H13ClN4O3/c1-2-3-9-12(15)16-7-17-13(9)21-11-6-8(14)4-5-10(11)18(19)20/h4-7H,2-3H2,1H3,(H2,15,16,17). The summed E-state index contributed by atoms with van der Waals surface area (Å²) in [6.07, 6.45) is 2.67. The fraction of sp³-hybridized carbons (Fsp3) is 0.231. The number of rotatable bonds is 5. The first-order valence-electron chi connectivity index (χ1n) is 6.24. The highest BCUT2D eigenvalue weighted by atomic mass is 35.5. The molecule has 0 unspecified atom stereocenters. The van der Waals surface area contributed by atoms with Crippen LogP contribution in [0.15, 0.2) is 24.5 Å². The Hall–Kier alpha value is -2.41. The lowest BCUT2D eigenvalue weighted by Crippen LogP contribution is -2.03. The number of nitro groups is 1. The molecule has 1 aromatic carbocycles. The highest BCUT2D eigenvalue weighted by molar-refractivity contribution is 6.30. The van der Waals surface area contributed by atoms with Gasteiger partial charge in [-0.3, -0.25) is 10.1 Å². The minimum absolute atomic E-state index is 0.0166. The number of hydrogen-bond acceptors (Lipinski definition) is 6. The summed E-state index contributed by atoms with van der Waals surface area (Å²) in [5, 5.41) is 11.4. The van der Waals surface area contributed by atoms with Crippen molar-refractivity contribution >= 4 is 23.1 Å². The van der Waals surface area contributed by atoms with Gasteiger partial charge in [0.1, 0.15) is 12.1 Å². The molecule has 110 valence electrons. The molecule has 2 N–H and O–H groups in total. The molecule has 0 radical (unpaired) electrons. The molecule has 0 fully saturated rings. The van der Waals surface area contributed by atoms with Gasteiger partial charge >= 0.3 is 5.69 Å².